The van der Waals surface area contributed by atoms with Gasteiger partial charge >= 0.3 is 0 Å². The first-order chi connectivity index (χ1) is 10.9. The zero-order valence-corrected chi connectivity index (χ0v) is 19.0. The monoisotopic (exact) mass is 396 g/mol. The van der Waals surface area contributed by atoms with Gasteiger partial charge in [-0.3, -0.25) is 9.59 Å². The summed E-state index contributed by atoms with van der Waals surface area (Å²) < 4.78 is 21.0. The number of rotatable bonds is 10. The van der Waals surface area contributed by atoms with Crippen LogP contribution in [0.25, 0.3) is 0 Å². The van der Waals surface area contributed by atoms with E-state index in [0.717, 1.165) is 0 Å². The molecular weight excluding hydrogens is 360 g/mol. The van der Waals surface area contributed by atoms with Crippen molar-refractivity contribution in [3.05, 3.63) is 0 Å². The maximum atomic E-state index is 11.0. The Morgan fingerprint density at radius 2 is 0.680 bits per heavy atom. The molecule has 0 spiro atoms. The minimum atomic E-state index is -0.704. The number of hydrogen-bond acceptors (Lipinski definition) is 6. The van der Waals surface area contributed by atoms with Gasteiger partial charge in [-0.05, 0) is 69.2 Å². The third-order valence-corrected chi connectivity index (χ3v) is 2.25. The minimum Gasteiger partial charge on any atom is -0.343 e. The van der Waals surface area contributed by atoms with Crippen LogP contribution in [0, 0.1) is 0 Å². The van der Waals surface area contributed by atoms with Crippen LogP contribution in [0.1, 0.15) is 69.2 Å². The van der Waals surface area contributed by atoms with E-state index in [-0.39, 0.29) is 57.7 Å². The normalized spacial score (nSPS) is 11.2. The average Bonchev–Trinajstić information content (AvgIpc) is 2.35. The van der Waals surface area contributed by atoms with Gasteiger partial charge < -0.3 is 18.9 Å². The molecule has 0 aliphatic heterocycles. The smallest absolute Gasteiger partial charge is 0.217 e. The van der Waals surface area contributed by atoms with Gasteiger partial charge in [0.05, 0.1) is 24.4 Å². The van der Waals surface area contributed by atoms with E-state index in [1.807, 2.05) is 55.4 Å². The fourth-order valence-electron chi connectivity index (χ4n) is 1.44. The van der Waals surface area contributed by atoms with Crippen molar-refractivity contribution in [3.63, 3.8) is 0 Å². The fraction of sp³-hybridized carbons (Fsp3) is 0.889. The average molecular weight is 396 g/mol. The third-order valence-electron chi connectivity index (χ3n) is 2.25. The third kappa shape index (κ3) is 20.1. The van der Waals surface area contributed by atoms with Crippen molar-refractivity contribution in [2.45, 2.75) is 106 Å². The van der Waals surface area contributed by atoms with Gasteiger partial charge in [0, 0.05) is 21.7 Å². The van der Waals surface area contributed by atoms with Crippen molar-refractivity contribution in [2.75, 3.05) is 0 Å². The molecule has 0 heterocycles. The maximum Gasteiger partial charge on any atom is 0.217 e. The zero-order chi connectivity index (χ0) is 19.4. The summed E-state index contributed by atoms with van der Waals surface area (Å²) in [5.41, 5.74) is 0. The Balaban J connectivity index is -0.000000372. The molecule has 0 rings (SSSR count). The van der Waals surface area contributed by atoms with E-state index in [2.05, 4.69) is 0 Å². The number of carbonyl (C=O) groups is 2. The molecule has 148 valence electrons. The van der Waals surface area contributed by atoms with Gasteiger partial charge in [-0.2, -0.15) is 0 Å². The molecule has 0 saturated carbocycles. The molecule has 25 heavy (non-hydrogen) atoms. The van der Waals surface area contributed by atoms with E-state index < -0.39 is 12.6 Å². The summed E-state index contributed by atoms with van der Waals surface area (Å²) in [4.78, 5) is 21.9. The summed E-state index contributed by atoms with van der Waals surface area (Å²) in [5.74, 6) is -0.171. The fourth-order valence-corrected chi connectivity index (χ4v) is 1.44. The first kappa shape index (κ1) is 29.7. The van der Waals surface area contributed by atoms with Crippen LogP contribution in [-0.4, -0.2) is 48.6 Å². The van der Waals surface area contributed by atoms with Crippen molar-refractivity contribution in [2.24, 2.45) is 0 Å². The second-order valence-corrected chi connectivity index (χ2v) is 6.62. The molecule has 0 aliphatic carbocycles. The molecule has 0 radical (unpaired) electrons. The molecule has 0 atom stereocenters. The predicted octanol–water partition coefficient (Wildman–Crippen LogP) is 3.50. The Morgan fingerprint density at radius 1 is 0.520 bits per heavy atom. The molecule has 0 aliphatic rings. The Labute approximate surface area is 168 Å². The number of Topliss-reactive ketones (excluding diaryl/α,β-unsaturated/α-hetero) is 2. The Morgan fingerprint density at radius 3 is 0.760 bits per heavy atom. The molecule has 0 aromatic heterocycles. The topological polar surface area (TPSA) is 71.1 Å². The summed E-state index contributed by atoms with van der Waals surface area (Å²) in [6.45, 7) is 17.9. The second-order valence-electron chi connectivity index (χ2n) is 6.62. The molecule has 0 aromatic rings. The van der Waals surface area contributed by atoms with Crippen LogP contribution in [0.5, 0.6) is 0 Å². The van der Waals surface area contributed by atoms with E-state index in [1.165, 1.54) is 13.8 Å². The SMILES string of the molecule is CC(=O)C(OC(C)C)OC(C)C.CC(=O)C(OC(C)C)OC(C)C.[Ti]. The van der Waals surface area contributed by atoms with Gasteiger partial charge in [-0.1, -0.05) is 0 Å². The summed E-state index contributed by atoms with van der Waals surface area (Å²) in [6.07, 6.45) is -1.36. The molecule has 0 unspecified atom stereocenters. The van der Waals surface area contributed by atoms with E-state index >= 15 is 0 Å². The van der Waals surface area contributed by atoms with Gasteiger partial charge in [-0.25, -0.2) is 0 Å². The van der Waals surface area contributed by atoms with Gasteiger partial charge in [0.25, 0.3) is 0 Å². The molecule has 0 amide bonds. The second kappa shape index (κ2) is 16.1. The Bertz CT molecular complexity index is 301. The molecule has 6 nitrogen and oxygen atoms in total. The van der Waals surface area contributed by atoms with Crippen molar-refractivity contribution in [1.82, 2.24) is 0 Å². The summed E-state index contributed by atoms with van der Waals surface area (Å²) >= 11 is 0. The Hall–Kier alpha value is -0.106. The van der Waals surface area contributed by atoms with Crippen LogP contribution in [0.4, 0.5) is 0 Å². The van der Waals surface area contributed by atoms with E-state index in [1.54, 1.807) is 0 Å². The van der Waals surface area contributed by atoms with E-state index in [4.69, 9.17) is 18.9 Å². The van der Waals surface area contributed by atoms with Crippen molar-refractivity contribution >= 4 is 11.6 Å². The van der Waals surface area contributed by atoms with E-state index in [0.29, 0.717) is 0 Å². The van der Waals surface area contributed by atoms with Crippen molar-refractivity contribution < 1.29 is 50.3 Å². The summed E-state index contributed by atoms with van der Waals surface area (Å²) in [6, 6.07) is 0. The maximum absolute atomic E-state index is 11.0. The Kier molecular flexibility index (Phi) is 19.1. The zero-order valence-electron chi connectivity index (χ0n) is 17.4. The first-order valence-electron chi connectivity index (χ1n) is 8.49. The van der Waals surface area contributed by atoms with Crippen LogP contribution in [0.2, 0.25) is 0 Å². The molecule has 7 heteroatoms. The quantitative estimate of drug-likeness (QED) is 0.416. The van der Waals surface area contributed by atoms with Crippen LogP contribution in [0.3, 0.4) is 0 Å². The number of ketones is 2. The van der Waals surface area contributed by atoms with Gasteiger partial charge in [0.1, 0.15) is 0 Å². The van der Waals surface area contributed by atoms with Crippen LogP contribution >= 0.6 is 0 Å². The summed E-state index contributed by atoms with van der Waals surface area (Å²) in [7, 11) is 0. The molecule has 0 N–H and O–H groups in total. The molecule has 0 saturated heterocycles. The van der Waals surface area contributed by atoms with Crippen molar-refractivity contribution in [3.8, 4) is 0 Å². The minimum absolute atomic E-state index is 0. The number of ether oxygens (including phenoxy) is 4. The van der Waals surface area contributed by atoms with Crippen molar-refractivity contribution in [1.29, 1.82) is 0 Å². The molecule has 0 bridgehead atoms. The molecule has 0 fully saturated rings. The van der Waals surface area contributed by atoms with Gasteiger partial charge in [0.2, 0.25) is 12.6 Å². The van der Waals surface area contributed by atoms with Gasteiger partial charge in [0.15, 0.2) is 11.6 Å². The van der Waals surface area contributed by atoms with Crippen LogP contribution in [0.15, 0.2) is 0 Å². The van der Waals surface area contributed by atoms with E-state index in [9.17, 15) is 9.59 Å². The standard InChI is InChI=1S/2C9H18O3.Ti/c2*1-6(2)11-9(8(5)10)12-7(3)4;/h2*6-7,9H,1-5H3;. The summed E-state index contributed by atoms with van der Waals surface area (Å²) in [5, 5.41) is 0. The largest absolute Gasteiger partial charge is 0.343 e. The molecular formula is C18H36O6Ti. The molecule has 0 aromatic carbocycles. The first-order valence-corrected chi connectivity index (χ1v) is 8.49. The van der Waals surface area contributed by atoms with Crippen LogP contribution in [-0.2, 0) is 50.3 Å². The van der Waals surface area contributed by atoms with Gasteiger partial charge in [-0.15, -0.1) is 0 Å². The predicted molar refractivity (Wildman–Crippen MR) is 93.8 cm³/mol. The number of carbonyl (C=O) groups excluding carboxylic acids is 2. The number of hydrogen-bond donors (Lipinski definition) is 0. The van der Waals surface area contributed by atoms with Crippen LogP contribution < -0.4 is 0 Å².